The van der Waals surface area contributed by atoms with E-state index in [-0.39, 0.29) is 17.8 Å². The van der Waals surface area contributed by atoms with Crippen LogP contribution < -0.4 is 10.6 Å². The molecule has 4 rings (SSSR count). The van der Waals surface area contributed by atoms with Gasteiger partial charge in [-0.2, -0.15) is 10.2 Å². The van der Waals surface area contributed by atoms with Gasteiger partial charge in [-0.25, -0.2) is 18.6 Å². The summed E-state index contributed by atoms with van der Waals surface area (Å²) in [5, 5.41) is 9.23. The molecule has 0 aliphatic carbocycles. The number of aromatic nitrogens is 3. The summed E-state index contributed by atoms with van der Waals surface area (Å²) in [6.45, 7) is 5.60. The first-order valence-corrected chi connectivity index (χ1v) is 10.0. The maximum Gasteiger partial charge on any atom is 0.349 e. The third kappa shape index (κ3) is 3.75. The summed E-state index contributed by atoms with van der Waals surface area (Å²) in [6, 6.07) is 8.72. The number of fused-ring (bicyclic) bond motifs is 1. The topological polar surface area (TPSA) is 78.0 Å². The van der Waals surface area contributed by atoms with Crippen LogP contribution in [-0.4, -0.2) is 45.1 Å². The van der Waals surface area contributed by atoms with Crippen LogP contribution in [0, 0.1) is 23.0 Å². The lowest BCUT2D eigenvalue weighted by molar-refractivity contribution is 0.136. The summed E-state index contributed by atoms with van der Waals surface area (Å²) in [7, 11) is 1.62. The number of anilines is 1. The van der Waals surface area contributed by atoms with Crippen molar-refractivity contribution in [2.24, 2.45) is 7.05 Å². The SMILES string of the molecule is CC1CN(c2nc(=O)n(C)c3ccc(C#N)nc23)CCN1C(C)c1ccc(F)cc1F. The number of hydrogen-bond donors (Lipinski definition) is 0. The first-order chi connectivity index (χ1) is 14.8. The Bertz CT molecular complexity index is 1250. The van der Waals surface area contributed by atoms with Gasteiger partial charge in [0.1, 0.15) is 28.9 Å². The Hall–Kier alpha value is -3.38. The molecule has 0 radical (unpaired) electrons. The average Bonchev–Trinajstić information content (AvgIpc) is 2.75. The summed E-state index contributed by atoms with van der Waals surface area (Å²) in [5.74, 6) is -0.712. The quantitative estimate of drug-likeness (QED) is 0.644. The van der Waals surface area contributed by atoms with Gasteiger partial charge >= 0.3 is 5.69 Å². The van der Waals surface area contributed by atoms with Crippen LogP contribution in [0.2, 0.25) is 0 Å². The second kappa shape index (κ2) is 8.04. The fraction of sp³-hybridized carbons (Fsp3) is 0.364. The zero-order valence-electron chi connectivity index (χ0n) is 17.5. The molecule has 160 valence electrons. The number of nitrogens with zero attached hydrogens (tertiary/aromatic N) is 6. The summed E-state index contributed by atoms with van der Waals surface area (Å²) in [6.07, 6.45) is 0. The third-order valence-electron chi connectivity index (χ3n) is 5.94. The highest BCUT2D eigenvalue weighted by atomic mass is 19.1. The number of hydrogen-bond acceptors (Lipinski definition) is 6. The van der Waals surface area contributed by atoms with E-state index in [0.29, 0.717) is 42.0 Å². The molecule has 31 heavy (non-hydrogen) atoms. The Balaban J connectivity index is 1.65. The van der Waals surface area contributed by atoms with Crippen molar-refractivity contribution in [2.75, 3.05) is 24.5 Å². The fourth-order valence-electron chi connectivity index (χ4n) is 4.25. The van der Waals surface area contributed by atoms with E-state index in [2.05, 4.69) is 14.9 Å². The molecule has 0 bridgehead atoms. The molecule has 2 unspecified atom stereocenters. The van der Waals surface area contributed by atoms with Crippen molar-refractivity contribution in [3.05, 3.63) is 63.7 Å². The van der Waals surface area contributed by atoms with Crippen LogP contribution in [0.25, 0.3) is 11.0 Å². The molecule has 1 aliphatic heterocycles. The highest BCUT2D eigenvalue weighted by molar-refractivity contribution is 5.86. The average molecular weight is 424 g/mol. The molecule has 1 saturated heterocycles. The van der Waals surface area contributed by atoms with Crippen molar-refractivity contribution in [3.8, 4) is 6.07 Å². The number of pyridine rings is 1. The van der Waals surface area contributed by atoms with E-state index >= 15 is 0 Å². The highest BCUT2D eigenvalue weighted by Crippen LogP contribution is 2.30. The minimum absolute atomic E-state index is 0.00765. The van der Waals surface area contributed by atoms with E-state index in [1.165, 1.54) is 16.7 Å². The minimum Gasteiger partial charge on any atom is -0.352 e. The van der Waals surface area contributed by atoms with Crippen LogP contribution >= 0.6 is 0 Å². The van der Waals surface area contributed by atoms with Crippen LogP contribution in [0.3, 0.4) is 0 Å². The monoisotopic (exact) mass is 424 g/mol. The van der Waals surface area contributed by atoms with Crippen molar-refractivity contribution in [3.63, 3.8) is 0 Å². The molecule has 3 heterocycles. The Morgan fingerprint density at radius 2 is 1.97 bits per heavy atom. The molecule has 9 heteroatoms. The minimum atomic E-state index is -0.598. The fourth-order valence-corrected chi connectivity index (χ4v) is 4.25. The van der Waals surface area contributed by atoms with Crippen molar-refractivity contribution in [2.45, 2.75) is 25.9 Å². The van der Waals surface area contributed by atoms with Gasteiger partial charge < -0.3 is 4.90 Å². The molecule has 0 saturated carbocycles. The Morgan fingerprint density at radius 3 is 2.65 bits per heavy atom. The predicted octanol–water partition coefficient (Wildman–Crippen LogP) is 2.75. The van der Waals surface area contributed by atoms with Crippen LogP contribution in [0.1, 0.15) is 31.1 Å². The van der Waals surface area contributed by atoms with Gasteiger partial charge in [0.25, 0.3) is 0 Å². The zero-order chi connectivity index (χ0) is 22.3. The van der Waals surface area contributed by atoms with Crippen LogP contribution in [-0.2, 0) is 7.05 Å². The molecular weight excluding hydrogens is 402 g/mol. The van der Waals surface area contributed by atoms with E-state index in [1.807, 2.05) is 24.8 Å². The van der Waals surface area contributed by atoms with E-state index in [9.17, 15) is 18.8 Å². The summed E-state index contributed by atoms with van der Waals surface area (Å²) >= 11 is 0. The molecule has 0 amide bonds. The van der Waals surface area contributed by atoms with Crippen LogP contribution in [0.4, 0.5) is 14.6 Å². The summed E-state index contributed by atoms with van der Waals surface area (Å²) in [4.78, 5) is 25.1. The van der Waals surface area contributed by atoms with Gasteiger partial charge in [-0.3, -0.25) is 9.47 Å². The molecule has 2 aromatic heterocycles. The Labute approximate surface area is 178 Å². The smallest absolute Gasteiger partial charge is 0.349 e. The molecule has 1 aliphatic rings. The molecule has 7 nitrogen and oxygen atoms in total. The first-order valence-electron chi connectivity index (χ1n) is 10.0. The van der Waals surface area contributed by atoms with Gasteiger partial charge in [0.05, 0.1) is 5.52 Å². The van der Waals surface area contributed by atoms with Crippen molar-refractivity contribution in [1.29, 1.82) is 5.26 Å². The van der Waals surface area contributed by atoms with Gasteiger partial charge in [-0.1, -0.05) is 6.07 Å². The number of aryl methyl sites for hydroxylation is 1. The normalized spacial score (nSPS) is 18.2. The number of piperazine rings is 1. The number of rotatable bonds is 3. The van der Waals surface area contributed by atoms with Gasteiger partial charge in [0, 0.05) is 50.4 Å². The first kappa shape index (κ1) is 20.9. The van der Waals surface area contributed by atoms with Gasteiger partial charge in [0.2, 0.25) is 0 Å². The van der Waals surface area contributed by atoms with E-state index in [4.69, 9.17) is 0 Å². The lowest BCUT2D eigenvalue weighted by Gasteiger charge is -2.43. The highest BCUT2D eigenvalue weighted by Gasteiger charge is 2.31. The second-order valence-corrected chi connectivity index (χ2v) is 7.83. The summed E-state index contributed by atoms with van der Waals surface area (Å²) < 4.78 is 29.0. The van der Waals surface area contributed by atoms with Crippen molar-refractivity contribution in [1.82, 2.24) is 19.4 Å². The molecular formula is C22H22F2N6O. The lowest BCUT2D eigenvalue weighted by Crippen LogP contribution is -2.53. The third-order valence-corrected chi connectivity index (χ3v) is 5.94. The van der Waals surface area contributed by atoms with Crippen LogP contribution in [0.15, 0.2) is 35.1 Å². The van der Waals surface area contributed by atoms with Crippen LogP contribution in [0.5, 0.6) is 0 Å². The predicted molar refractivity (Wildman–Crippen MR) is 113 cm³/mol. The molecule has 1 aromatic carbocycles. The molecule has 3 aromatic rings. The van der Waals surface area contributed by atoms with Crippen molar-refractivity contribution >= 4 is 16.9 Å². The van der Waals surface area contributed by atoms with E-state index < -0.39 is 17.3 Å². The van der Waals surface area contributed by atoms with Gasteiger partial charge in [-0.15, -0.1) is 0 Å². The largest absolute Gasteiger partial charge is 0.352 e. The van der Waals surface area contributed by atoms with Gasteiger partial charge in [0.15, 0.2) is 5.82 Å². The Morgan fingerprint density at radius 1 is 1.19 bits per heavy atom. The zero-order valence-corrected chi connectivity index (χ0v) is 17.5. The second-order valence-electron chi connectivity index (χ2n) is 7.83. The maximum absolute atomic E-state index is 14.3. The standard InChI is InChI=1S/C22H22F2N6O/c1-13-12-29(8-9-30(13)14(2)17-6-4-15(23)10-18(17)24)21-20-19(28(3)22(31)27-21)7-5-16(11-25)26-20/h4-7,10,13-14H,8-9,12H2,1-3H3. The lowest BCUT2D eigenvalue weighted by atomic mass is 10.0. The van der Waals surface area contributed by atoms with Crippen molar-refractivity contribution < 1.29 is 8.78 Å². The molecule has 0 spiro atoms. The maximum atomic E-state index is 14.3. The number of nitriles is 1. The Kier molecular flexibility index (Phi) is 5.41. The molecule has 0 N–H and O–H groups in total. The van der Waals surface area contributed by atoms with E-state index in [0.717, 1.165) is 6.07 Å². The van der Waals surface area contributed by atoms with E-state index in [1.54, 1.807) is 19.2 Å². The number of halogens is 2. The van der Waals surface area contributed by atoms with Gasteiger partial charge in [-0.05, 0) is 32.0 Å². The molecule has 2 atom stereocenters. The number of benzene rings is 1. The molecule has 1 fully saturated rings. The summed E-state index contributed by atoms with van der Waals surface area (Å²) in [5.41, 5.74) is 1.40.